The van der Waals surface area contributed by atoms with Crippen molar-refractivity contribution in [3.05, 3.63) is 72.3 Å². The Labute approximate surface area is 204 Å². The van der Waals surface area contributed by atoms with Crippen LogP contribution >= 0.6 is 0 Å². The summed E-state index contributed by atoms with van der Waals surface area (Å²) in [6.07, 6.45) is 2.25. The van der Waals surface area contributed by atoms with E-state index in [1.807, 2.05) is 66.7 Å². The van der Waals surface area contributed by atoms with Gasteiger partial charge in [-0.1, -0.05) is 0 Å². The summed E-state index contributed by atoms with van der Waals surface area (Å²) in [5.74, 6) is 2.41. The molecule has 0 bridgehead atoms. The van der Waals surface area contributed by atoms with Crippen molar-refractivity contribution in [3.8, 4) is 17.2 Å². The lowest BCUT2D eigenvalue weighted by Gasteiger charge is -2.30. The number of H-pyrrole nitrogens is 1. The maximum absolute atomic E-state index is 12.8. The zero-order valence-corrected chi connectivity index (χ0v) is 19.9. The molecule has 4 aromatic rings. The molecular formula is C27H29N5O3. The lowest BCUT2D eigenvalue weighted by Crippen LogP contribution is -2.36. The third-order valence-electron chi connectivity index (χ3n) is 6.30. The van der Waals surface area contributed by atoms with Crippen LogP contribution in [0.3, 0.4) is 0 Å². The second-order valence-corrected chi connectivity index (χ2v) is 8.81. The van der Waals surface area contributed by atoms with Crippen LogP contribution in [0, 0.1) is 0 Å². The van der Waals surface area contributed by atoms with Crippen molar-refractivity contribution < 1.29 is 14.3 Å². The van der Waals surface area contributed by atoms with Gasteiger partial charge in [0.1, 0.15) is 17.2 Å². The number of hydrogen-bond acceptors (Lipinski definition) is 6. The van der Waals surface area contributed by atoms with E-state index in [1.165, 1.54) is 0 Å². The molecule has 1 aliphatic rings. The van der Waals surface area contributed by atoms with Crippen LogP contribution in [0.1, 0.15) is 23.2 Å². The first-order valence-electron chi connectivity index (χ1n) is 11.7. The second kappa shape index (κ2) is 10.1. The number of nitrogens with zero attached hydrogens (tertiary/aromatic N) is 2. The summed E-state index contributed by atoms with van der Waals surface area (Å²) in [6.45, 7) is 2.20. The van der Waals surface area contributed by atoms with Gasteiger partial charge in [0.05, 0.1) is 12.6 Å². The van der Waals surface area contributed by atoms with Gasteiger partial charge in [0, 0.05) is 28.7 Å². The largest absolute Gasteiger partial charge is 0.497 e. The molecule has 35 heavy (non-hydrogen) atoms. The van der Waals surface area contributed by atoms with Gasteiger partial charge in [0.25, 0.3) is 5.91 Å². The molecule has 8 heteroatoms. The van der Waals surface area contributed by atoms with Crippen molar-refractivity contribution in [3.63, 3.8) is 0 Å². The molecular weight excluding hydrogens is 442 g/mol. The molecule has 0 unspecified atom stereocenters. The van der Waals surface area contributed by atoms with E-state index in [0.717, 1.165) is 48.3 Å². The monoisotopic (exact) mass is 471 g/mol. The van der Waals surface area contributed by atoms with Crippen LogP contribution in [0.5, 0.6) is 17.2 Å². The van der Waals surface area contributed by atoms with Gasteiger partial charge < -0.3 is 25.0 Å². The summed E-state index contributed by atoms with van der Waals surface area (Å²) in [7, 11) is 3.78. The number of benzene rings is 3. The van der Waals surface area contributed by atoms with Crippen LogP contribution in [0.25, 0.3) is 10.9 Å². The van der Waals surface area contributed by atoms with E-state index in [9.17, 15) is 4.79 Å². The molecule has 1 fully saturated rings. The van der Waals surface area contributed by atoms with Gasteiger partial charge in [-0.15, -0.1) is 0 Å². The molecule has 0 atom stereocenters. The van der Waals surface area contributed by atoms with Crippen molar-refractivity contribution in [2.45, 2.75) is 18.9 Å². The number of nitrogens with one attached hydrogen (secondary N) is 3. The first-order chi connectivity index (χ1) is 17.1. The van der Waals surface area contributed by atoms with Crippen molar-refractivity contribution in [2.24, 2.45) is 0 Å². The van der Waals surface area contributed by atoms with Crippen molar-refractivity contribution in [1.29, 1.82) is 0 Å². The summed E-state index contributed by atoms with van der Waals surface area (Å²) in [5, 5.41) is 14.5. The second-order valence-electron chi connectivity index (χ2n) is 8.81. The van der Waals surface area contributed by atoms with E-state index in [-0.39, 0.29) is 5.91 Å². The first kappa shape index (κ1) is 22.7. The quantitative estimate of drug-likeness (QED) is 0.346. The Bertz CT molecular complexity index is 1290. The fourth-order valence-corrected chi connectivity index (χ4v) is 4.22. The Kier molecular flexibility index (Phi) is 6.54. The lowest BCUT2D eigenvalue weighted by atomic mass is 10.0. The van der Waals surface area contributed by atoms with Gasteiger partial charge in [0.2, 0.25) is 0 Å². The Hall–Kier alpha value is -4.04. The van der Waals surface area contributed by atoms with Crippen molar-refractivity contribution in [1.82, 2.24) is 15.1 Å². The standard InChI is InChI=1S/C27H29N5O3/c1-32-15-13-20(14-16-32)28-19-5-3-18(4-6-19)27(33)29-26-24-12-11-23(17-25(24)30-31-26)35-22-9-7-21(34-2)8-10-22/h3-12,17,20,28H,13-16H2,1-2H3,(H2,29,30,31,33). The molecule has 1 amide bonds. The molecule has 2 heterocycles. The number of aromatic amines is 1. The number of anilines is 2. The van der Waals surface area contributed by atoms with E-state index in [1.54, 1.807) is 7.11 Å². The van der Waals surface area contributed by atoms with Crippen molar-refractivity contribution in [2.75, 3.05) is 37.9 Å². The molecule has 8 nitrogen and oxygen atoms in total. The molecule has 0 radical (unpaired) electrons. The number of piperidine rings is 1. The molecule has 0 saturated carbocycles. The van der Waals surface area contributed by atoms with Gasteiger partial charge in [0.15, 0.2) is 5.82 Å². The Morgan fingerprint density at radius 1 is 0.971 bits per heavy atom. The third kappa shape index (κ3) is 5.38. The van der Waals surface area contributed by atoms with Crippen molar-refractivity contribution >= 4 is 28.3 Å². The number of fused-ring (bicyclic) bond motifs is 1. The normalized spacial score (nSPS) is 14.6. The average molecular weight is 472 g/mol. The summed E-state index contributed by atoms with van der Waals surface area (Å²) < 4.78 is 11.1. The molecule has 3 N–H and O–H groups in total. The highest BCUT2D eigenvalue weighted by atomic mass is 16.5. The smallest absolute Gasteiger partial charge is 0.256 e. The molecule has 0 spiro atoms. The van der Waals surface area contributed by atoms with Crippen LogP contribution in [0.2, 0.25) is 0 Å². The molecule has 5 rings (SSSR count). The molecule has 3 aromatic carbocycles. The Morgan fingerprint density at radius 2 is 1.66 bits per heavy atom. The number of carbonyl (C=O) groups is 1. The van der Waals surface area contributed by atoms with E-state index < -0.39 is 0 Å². The third-order valence-corrected chi connectivity index (χ3v) is 6.30. The Balaban J connectivity index is 1.22. The molecule has 180 valence electrons. The highest BCUT2D eigenvalue weighted by Gasteiger charge is 2.17. The number of rotatable bonds is 7. The van der Waals surface area contributed by atoms with Crippen LogP contribution in [-0.4, -0.2) is 54.3 Å². The van der Waals surface area contributed by atoms with E-state index >= 15 is 0 Å². The highest BCUT2D eigenvalue weighted by Crippen LogP contribution is 2.29. The minimum Gasteiger partial charge on any atom is -0.497 e. The van der Waals surface area contributed by atoms with Crippen LogP contribution in [0.4, 0.5) is 11.5 Å². The van der Waals surface area contributed by atoms with Crippen LogP contribution < -0.4 is 20.1 Å². The van der Waals surface area contributed by atoms with Crippen LogP contribution in [0.15, 0.2) is 66.7 Å². The van der Waals surface area contributed by atoms with Gasteiger partial charge in [-0.25, -0.2) is 0 Å². The van der Waals surface area contributed by atoms with Gasteiger partial charge in [-0.05, 0) is 93.6 Å². The van der Waals surface area contributed by atoms with E-state index in [0.29, 0.717) is 28.9 Å². The molecule has 1 aliphatic heterocycles. The Morgan fingerprint density at radius 3 is 2.37 bits per heavy atom. The lowest BCUT2D eigenvalue weighted by molar-refractivity contribution is 0.102. The number of likely N-dealkylation sites (tertiary alicyclic amines) is 1. The summed E-state index contributed by atoms with van der Waals surface area (Å²) in [6, 6.07) is 21.0. The van der Waals surface area contributed by atoms with Crippen LogP contribution in [-0.2, 0) is 0 Å². The van der Waals surface area contributed by atoms with Gasteiger partial charge >= 0.3 is 0 Å². The zero-order valence-electron chi connectivity index (χ0n) is 19.9. The average Bonchev–Trinajstić information content (AvgIpc) is 3.28. The predicted molar refractivity (Wildman–Crippen MR) is 138 cm³/mol. The number of methoxy groups -OCH3 is 1. The molecule has 1 aromatic heterocycles. The van der Waals surface area contributed by atoms with Gasteiger partial charge in [-0.2, -0.15) is 5.10 Å². The molecule has 0 aliphatic carbocycles. The maximum atomic E-state index is 12.8. The topological polar surface area (TPSA) is 91.5 Å². The van der Waals surface area contributed by atoms with E-state index in [4.69, 9.17) is 9.47 Å². The number of carbonyl (C=O) groups excluding carboxylic acids is 1. The number of amides is 1. The SMILES string of the molecule is COc1ccc(Oc2ccc3c(NC(=O)c4ccc(NC5CCN(C)CC5)cc4)n[nH]c3c2)cc1. The first-order valence-corrected chi connectivity index (χ1v) is 11.7. The highest BCUT2D eigenvalue weighted by molar-refractivity contribution is 6.08. The summed E-state index contributed by atoms with van der Waals surface area (Å²) in [5.41, 5.74) is 2.38. The maximum Gasteiger partial charge on any atom is 0.256 e. The summed E-state index contributed by atoms with van der Waals surface area (Å²) in [4.78, 5) is 15.2. The fourth-order valence-electron chi connectivity index (χ4n) is 4.22. The summed E-state index contributed by atoms with van der Waals surface area (Å²) >= 11 is 0. The number of ether oxygens (including phenoxy) is 2. The minimum absolute atomic E-state index is 0.206. The zero-order chi connectivity index (χ0) is 24.2. The number of aromatic nitrogens is 2. The predicted octanol–water partition coefficient (Wildman–Crippen LogP) is 5.12. The van der Waals surface area contributed by atoms with E-state index in [2.05, 4.69) is 32.8 Å². The fraction of sp³-hybridized carbons (Fsp3) is 0.259. The minimum atomic E-state index is -0.206. The number of hydrogen-bond donors (Lipinski definition) is 3. The molecule has 1 saturated heterocycles. The van der Waals surface area contributed by atoms with Gasteiger partial charge in [-0.3, -0.25) is 9.89 Å².